The summed E-state index contributed by atoms with van der Waals surface area (Å²) in [6, 6.07) is 4.27. The highest BCUT2D eigenvalue weighted by molar-refractivity contribution is 7.86. The summed E-state index contributed by atoms with van der Waals surface area (Å²) >= 11 is 0. The number of nitrogens with zero attached hydrogens (tertiary/aromatic N) is 4. The minimum Gasteiger partial charge on any atom is -0.494 e. The molecule has 0 saturated carbocycles. The highest BCUT2D eigenvalue weighted by Crippen LogP contribution is 2.59. The van der Waals surface area contributed by atoms with Crippen LogP contribution in [0.3, 0.4) is 0 Å². The number of nitriles is 1. The van der Waals surface area contributed by atoms with Gasteiger partial charge in [0.05, 0.1) is 34.0 Å². The number of hydrogen-bond acceptors (Lipinski definition) is 6. The molecule has 13 heteroatoms. The zero-order valence-corrected chi connectivity index (χ0v) is 18.9. The predicted octanol–water partition coefficient (Wildman–Crippen LogP) is 2.36. The first kappa shape index (κ1) is 23.4. The zero-order valence-electron chi connectivity index (χ0n) is 18.1. The fourth-order valence-electron chi connectivity index (χ4n) is 4.74. The largest absolute Gasteiger partial charge is 0.494 e. The lowest BCUT2D eigenvalue weighted by Gasteiger charge is -2.43. The lowest BCUT2D eigenvalue weighted by molar-refractivity contribution is -0.170. The van der Waals surface area contributed by atoms with E-state index in [0.717, 1.165) is 14.9 Å². The summed E-state index contributed by atoms with van der Waals surface area (Å²) in [6.45, 7) is 2.71. The van der Waals surface area contributed by atoms with E-state index >= 15 is 0 Å². The van der Waals surface area contributed by atoms with Crippen molar-refractivity contribution >= 4 is 10.2 Å². The first-order chi connectivity index (χ1) is 15.1. The van der Waals surface area contributed by atoms with Gasteiger partial charge in [0.2, 0.25) is 11.8 Å². The smallest absolute Gasteiger partial charge is 0.417 e. The molecule has 0 radical (unpaired) electrons. The number of aromatic hydroxyl groups is 2. The maximum Gasteiger partial charge on any atom is 0.417 e. The van der Waals surface area contributed by atoms with Gasteiger partial charge in [-0.25, -0.2) is 0 Å². The molecular formula is C20H21F3N4O5S. The van der Waals surface area contributed by atoms with Crippen molar-refractivity contribution in [3.8, 4) is 23.5 Å². The maximum atomic E-state index is 13.5. The normalized spacial score (nSPS) is 25.3. The number of aromatic nitrogens is 1. The van der Waals surface area contributed by atoms with Crippen molar-refractivity contribution in [3.05, 3.63) is 40.5 Å². The highest BCUT2D eigenvalue weighted by atomic mass is 32.2. The van der Waals surface area contributed by atoms with Crippen molar-refractivity contribution in [2.45, 2.75) is 31.2 Å². The molecule has 33 heavy (non-hydrogen) atoms. The molecule has 9 nitrogen and oxygen atoms in total. The van der Waals surface area contributed by atoms with Crippen molar-refractivity contribution in [3.63, 3.8) is 0 Å². The molecule has 2 atom stereocenters. The van der Waals surface area contributed by atoms with Crippen LogP contribution < -0.4 is 0 Å². The van der Waals surface area contributed by atoms with Gasteiger partial charge in [-0.1, -0.05) is 0 Å². The number of ether oxygens (including phenoxy) is 1. The predicted molar refractivity (Wildman–Crippen MR) is 109 cm³/mol. The van der Waals surface area contributed by atoms with Crippen LogP contribution in [0.15, 0.2) is 18.2 Å². The second-order valence-corrected chi connectivity index (χ2v) is 10.8. The van der Waals surface area contributed by atoms with Crippen molar-refractivity contribution in [1.29, 1.82) is 5.26 Å². The van der Waals surface area contributed by atoms with Crippen LogP contribution in [-0.2, 0) is 32.3 Å². The van der Waals surface area contributed by atoms with Gasteiger partial charge in [0.15, 0.2) is 0 Å². The minimum absolute atomic E-state index is 0.0943. The van der Waals surface area contributed by atoms with Crippen LogP contribution in [0.5, 0.6) is 11.8 Å². The van der Waals surface area contributed by atoms with Crippen LogP contribution in [0, 0.1) is 11.3 Å². The third kappa shape index (κ3) is 3.20. The molecule has 0 aliphatic carbocycles. The van der Waals surface area contributed by atoms with Crippen molar-refractivity contribution in [2.24, 2.45) is 0 Å². The van der Waals surface area contributed by atoms with Gasteiger partial charge in [0.25, 0.3) is 10.2 Å². The van der Waals surface area contributed by atoms with E-state index in [2.05, 4.69) is 0 Å². The first-order valence-electron chi connectivity index (χ1n) is 9.74. The second-order valence-electron chi connectivity index (χ2n) is 8.69. The monoisotopic (exact) mass is 486 g/mol. The van der Waals surface area contributed by atoms with E-state index in [0.29, 0.717) is 6.07 Å². The van der Waals surface area contributed by atoms with E-state index in [1.54, 1.807) is 0 Å². The fourth-order valence-corrected chi connectivity index (χ4v) is 6.02. The summed E-state index contributed by atoms with van der Waals surface area (Å²) in [5.74, 6) is -1.15. The Morgan fingerprint density at radius 1 is 1.12 bits per heavy atom. The Morgan fingerprint density at radius 2 is 1.64 bits per heavy atom. The van der Waals surface area contributed by atoms with Gasteiger partial charge in [-0.05, 0) is 32.0 Å². The Balaban J connectivity index is 1.91. The summed E-state index contributed by atoms with van der Waals surface area (Å²) in [5.41, 5.74) is -4.60. The summed E-state index contributed by atoms with van der Waals surface area (Å²) in [4.78, 5) is 0. The number of benzene rings is 1. The molecule has 4 rings (SSSR count). The minimum atomic E-state index is -4.83. The maximum absolute atomic E-state index is 13.5. The van der Waals surface area contributed by atoms with Crippen LogP contribution in [-0.4, -0.2) is 59.0 Å². The van der Waals surface area contributed by atoms with Gasteiger partial charge in [-0.3, -0.25) is 4.57 Å². The third-order valence-electron chi connectivity index (χ3n) is 6.06. The Hall–Kier alpha value is -2.79. The molecule has 3 heterocycles. The van der Waals surface area contributed by atoms with Gasteiger partial charge in [0, 0.05) is 27.2 Å². The van der Waals surface area contributed by atoms with Gasteiger partial charge in [-0.2, -0.15) is 35.5 Å². The Bertz CT molecular complexity index is 1270. The molecular weight excluding hydrogens is 465 g/mol. The van der Waals surface area contributed by atoms with E-state index in [-0.39, 0.29) is 29.9 Å². The molecule has 178 valence electrons. The first-order valence-corrected chi connectivity index (χ1v) is 11.1. The van der Waals surface area contributed by atoms with Crippen LogP contribution >= 0.6 is 0 Å². The summed E-state index contributed by atoms with van der Waals surface area (Å²) in [6.07, 6.45) is -4.83. The number of hydrogen-bond donors (Lipinski definition) is 2. The van der Waals surface area contributed by atoms with Crippen molar-refractivity contribution in [1.82, 2.24) is 13.2 Å². The van der Waals surface area contributed by atoms with Crippen LogP contribution in [0.1, 0.15) is 36.1 Å². The molecule has 0 amide bonds. The number of alkyl halides is 3. The molecule has 2 N–H and O–H groups in total. The quantitative estimate of drug-likeness (QED) is 0.688. The third-order valence-corrected chi connectivity index (χ3v) is 7.89. The number of fused-ring (bicyclic) bond motifs is 5. The Morgan fingerprint density at radius 3 is 2.06 bits per heavy atom. The van der Waals surface area contributed by atoms with Gasteiger partial charge >= 0.3 is 6.18 Å². The van der Waals surface area contributed by atoms with E-state index in [1.165, 1.54) is 44.4 Å². The average Bonchev–Trinajstić information content (AvgIpc) is 3.06. The lowest BCUT2D eigenvalue weighted by atomic mass is 9.94. The second kappa shape index (κ2) is 6.86. The molecule has 1 saturated heterocycles. The van der Waals surface area contributed by atoms with Gasteiger partial charge in [0.1, 0.15) is 11.2 Å². The van der Waals surface area contributed by atoms with E-state index in [1.807, 2.05) is 0 Å². The number of rotatable bonds is 3. The van der Waals surface area contributed by atoms with E-state index in [9.17, 15) is 31.8 Å². The van der Waals surface area contributed by atoms with Crippen molar-refractivity contribution in [2.75, 3.05) is 27.2 Å². The van der Waals surface area contributed by atoms with Crippen LogP contribution in [0.25, 0.3) is 5.69 Å². The number of halogens is 3. The molecule has 1 aromatic heterocycles. The molecule has 1 fully saturated rings. The molecule has 1 aromatic carbocycles. The van der Waals surface area contributed by atoms with Gasteiger partial charge in [-0.15, -0.1) is 0 Å². The molecule has 2 unspecified atom stereocenters. The molecule has 2 aromatic rings. The fraction of sp³-hybridized carbons (Fsp3) is 0.450. The molecule has 2 aliphatic heterocycles. The SMILES string of the molecule is CN(C)S(=O)(=O)N1CC2(C)OC(C)(C1)c1c2c(O)n(-c2ccc(C#N)c(C(F)(F)F)c2)c1O. The topological polar surface area (TPSA) is 119 Å². The standard InChI is InChI=1S/C20H21F3N4O5S/c1-18-9-26(33(30,31)25(3)4)10-19(2,32-18)15-14(18)16(28)27(17(15)29)12-6-5-11(8-24)13(7-12)20(21,22)23/h5-7,28-29H,9-10H2,1-4H3. The van der Waals surface area contributed by atoms with E-state index < -0.39 is 50.5 Å². The highest BCUT2D eigenvalue weighted by Gasteiger charge is 2.60. The Kier molecular flexibility index (Phi) is 4.86. The summed E-state index contributed by atoms with van der Waals surface area (Å²) < 4.78 is 75.0. The lowest BCUT2D eigenvalue weighted by Crippen LogP contribution is -2.55. The average molecular weight is 486 g/mol. The van der Waals surface area contributed by atoms with E-state index in [4.69, 9.17) is 10.00 Å². The molecule has 2 bridgehead atoms. The molecule has 0 spiro atoms. The van der Waals surface area contributed by atoms with Crippen LogP contribution in [0.2, 0.25) is 0 Å². The van der Waals surface area contributed by atoms with Crippen LogP contribution in [0.4, 0.5) is 13.2 Å². The summed E-state index contributed by atoms with van der Waals surface area (Å²) in [7, 11) is -1.11. The Labute approximate surface area is 188 Å². The number of morpholine rings is 1. The molecule has 2 aliphatic rings. The summed E-state index contributed by atoms with van der Waals surface area (Å²) in [5, 5.41) is 31.1. The van der Waals surface area contributed by atoms with Gasteiger partial charge < -0.3 is 14.9 Å². The van der Waals surface area contributed by atoms with Crippen molar-refractivity contribution < 1.29 is 36.5 Å². The zero-order chi connectivity index (χ0) is 24.7.